The third-order valence-corrected chi connectivity index (χ3v) is 3.41. The number of rotatable bonds is 3. The molecule has 0 bridgehead atoms. The van der Waals surface area contributed by atoms with E-state index >= 15 is 0 Å². The van der Waals surface area contributed by atoms with Gasteiger partial charge < -0.3 is 9.47 Å². The number of likely N-dealkylation sites (N-methyl/N-ethyl adjacent to an activating group) is 1. The maximum atomic E-state index is 5.69. The van der Waals surface area contributed by atoms with Gasteiger partial charge in [-0.05, 0) is 18.9 Å². The predicted molar refractivity (Wildman–Crippen MR) is 67.6 cm³/mol. The second-order valence-electron chi connectivity index (χ2n) is 4.38. The molecule has 0 radical (unpaired) electrons. The van der Waals surface area contributed by atoms with E-state index in [1.54, 1.807) is 5.01 Å². The molecule has 1 spiro atoms. The first kappa shape index (κ1) is 12.3. The van der Waals surface area contributed by atoms with Gasteiger partial charge in [0, 0.05) is 26.6 Å². The fourth-order valence-corrected chi connectivity index (χ4v) is 2.46. The van der Waals surface area contributed by atoms with Gasteiger partial charge in [0.2, 0.25) is 0 Å². The van der Waals surface area contributed by atoms with Gasteiger partial charge in [0.05, 0.1) is 18.9 Å². The van der Waals surface area contributed by atoms with E-state index in [0.717, 1.165) is 25.0 Å². The van der Waals surface area contributed by atoms with Crippen molar-refractivity contribution in [3.63, 3.8) is 0 Å². The van der Waals surface area contributed by atoms with Gasteiger partial charge in [0.1, 0.15) is 0 Å². The van der Waals surface area contributed by atoms with Crippen LogP contribution < -0.4 is 0 Å². The van der Waals surface area contributed by atoms with Gasteiger partial charge >= 0.3 is 0 Å². The minimum atomic E-state index is -0.345. The van der Waals surface area contributed by atoms with Crippen molar-refractivity contribution in [3.05, 3.63) is 23.4 Å². The molecule has 2 aliphatic rings. The molecule has 0 amide bonds. The normalized spacial score (nSPS) is 23.6. The summed E-state index contributed by atoms with van der Waals surface area (Å²) in [6.45, 7) is 7.00. The Morgan fingerprint density at radius 1 is 1.53 bits per heavy atom. The summed E-state index contributed by atoms with van der Waals surface area (Å²) < 4.78 is 11.4. The topological polar surface area (TPSA) is 34.1 Å². The highest BCUT2D eigenvalue weighted by Crippen LogP contribution is 2.37. The lowest BCUT2D eigenvalue weighted by Gasteiger charge is -2.32. The molecule has 1 fully saturated rings. The summed E-state index contributed by atoms with van der Waals surface area (Å²) in [7, 11) is 1.91. The van der Waals surface area contributed by atoms with Crippen molar-refractivity contribution in [1.29, 1.82) is 0 Å². The largest absolute Gasteiger partial charge is 0.347 e. The molecule has 1 saturated heterocycles. The van der Waals surface area contributed by atoms with Crippen molar-refractivity contribution in [1.82, 2.24) is 5.01 Å². The van der Waals surface area contributed by atoms with Gasteiger partial charge in [-0.15, -0.1) is 0 Å². The third-order valence-electron chi connectivity index (χ3n) is 3.41. The Hall–Kier alpha value is -1.13. The monoisotopic (exact) mass is 236 g/mol. The fraction of sp³-hybridized carbons (Fsp3) is 0.615. The molecule has 1 aliphatic carbocycles. The number of hydrazone groups is 1. The van der Waals surface area contributed by atoms with Crippen LogP contribution in [-0.4, -0.2) is 37.8 Å². The molecule has 2 rings (SSSR count). The molecule has 4 nitrogen and oxygen atoms in total. The third kappa shape index (κ3) is 2.42. The molecule has 0 saturated carbocycles. The predicted octanol–water partition coefficient (Wildman–Crippen LogP) is 2.29. The van der Waals surface area contributed by atoms with E-state index in [2.05, 4.69) is 24.0 Å². The summed E-state index contributed by atoms with van der Waals surface area (Å²) in [6, 6.07) is 0. The highest BCUT2D eigenvalue weighted by Gasteiger charge is 2.38. The molecule has 4 heteroatoms. The Morgan fingerprint density at radius 2 is 2.24 bits per heavy atom. The lowest BCUT2D eigenvalue weighted by Crippen LogP contribution is -2.32. The summed E-state index contributed by atoms with van der Waals surface area (Å²) in [5.74, 6) is -0.345. The number of ether oxygens (including phenoxy) is 2. The summed E-state index contributed by atoms with van der Waals surface area (Å²) in [6.07, 6.45) is 6.96. The van der Waals surface area contributed by atoms with Gasteiger partial charge in [0.25, 0.3) is 0 Å². The Balaban J connectivity index is 2.09. The molecule has 0 aromatic rings. The van der Waals surface area contributed by atoms with Gasteiger partial charge in [-0.3, -0.25) is 5.01 Å². The molecule has 0 N–H and O–H groups in total. The molecule has 0 atom stereocenters. The Kier molecular flexibility index (Phi) is 3.64. The van der Waals surface area contributed by atoms with Crippen LogP contribution in [0.3, 0.4) is 0 Å². The number of hydrogen-bond acceptors (Lipinski definition) is 4. The van der Waals surface area contributed by atoms with Crippen molar-refractivity contribution in [3.8, 4) is 0 Å². The fourth-order valence-electron chi connectivity index (χ4n) is 2.46. The number of hydrogen-bond donors (Lipinski definition) is 0. The van der Waals surface area contributed by atoms with Crippen LogP contribution >= 0.6 is 0 Å². The molecular weight excluding hydrogens is 216 g/mol. The summed E-state index contributed by atoms with van der Waals surface area (Å²) in [5, 5.41) is 5.74. The van der Waals surface area contributed by atoms with Crippen LogP contribution in [0.15, 0.2) is 28.5 Å². The van der Waals surface area contributed by atoms with Crippen molar-refractivity contribution < 1.29 is 9.47 Å². The zero-order valence-electron chi connectivity index (χ0n) is 10.6. The molecule has 94 valence electrons. The molecule has 17 heavy (non-hydrogen) atoms. The van der Waals surface area contributed by atoms with Crippen molar-refractivity contribution in [2.45, 2.75) is 32.0 Å². The Morgan fingerprint density at radius 3 is 2.71 bits per heavy atom. The van der Waals surface area contributed by atoms with Crippen molar-refractivity contribution in [2.24, 2.45) is 5.10 Å². The average Bonchev–Trinajstić information content (AvgIpc) is 2.81. The molecule has 0 aromatic heterocycles. The van der Waals surface area contributed by atoms with Crippen LogP contribution in [0.25, 0.3) is 0 Å². The highest BCUT2D eigenvalue weighted by molar-refractivity contribution is 5.33. The van der Waals surface area contributed by atoms with Gasteiger partial charge in [0.15, 0.2) is 5.79 Å². The molecule has 0 aromatic carbocycles. The van der Waals surface area contributed by atoms with E-state index in [1.165, 1.54) is 5.57 Å². The van der Waals surface area contributed by atoms with Gasteiger partial charge in [-0.1, -0.05) is 12.2 Å². The minimum absolute atomic E-state index is 0.345. The first-order chi connectivity index (χ1) is 8.21. The second kappa shape index (κ2) is 5.02. The summed E-state index contributed by atoms with van der Waals surface area (Å²) in [4.78, 5) is 0. The van der Waals surface area contributed by atoms with Gasteiger partial charge in [-0.25, -0.2) is 0 Å². The minimum Gasteiger partial charge on any atom is -0.347 e. The Bertz CT molecular complexity index is 354. The highest BCUT2D eigenvalue weighted by atomic mass is 16.7. The number of nitrogens with zero attached hydrogens (tertiary/aromatic N) is 2. The first-order valence-corrected chi connectivity index (χ1v) is 6.05. The molecule has 1 heterocycles. The zero-order valence-corrected chi connectivity index (χ0v) is 10.6. The van der Waals surface area contributed by atoms with Crippen LogP contribution in [0.1, 0.15) is 26.2 Å². The molecular formula is C13H20N2O2. The number of allylic oxidation sites excluding steroid dienone is 2. The molecule has 1 aliphatic heterocycles. The van der Waals surface area contributed by atoms with E-state index in [1.807, 2.05) is 14.0 Å². The summed E-state index contributed by atoms with van der Waals surface area (Å²) >= 11 is 0. The van der Waals surface area contributed by atoms with E-state index in [0.29, 0.717) is 13.2 Å². The maximum absolute atomic E-state index is 5.69. The van der Waals surface area contributed by atoms with Crippen molar-refractivity contribution >= 4 is 6.72 Å². The smallest absolute Gasteiger partial charge is 0.172 e. The van der Waals surface area contributed by atoms with Crippen LogP contribution in [0.5, 0.6) is 0 Å². The first-order valence-electron chi connectivity index (χ1n) is 6.05. The molecule has 0 unspecified atom stereocenters. The van der Waals surface area contributed by atoms with E-state index in [4.69, 9.17) is 9.47 Å². The van der Waals surface area contributed by atoms with E-state index < -0.39 is 0 Å². The maximum Gasteiger partial charge on any atom is 0.172 e. The van der Waals surface area contributed by atoms with Crippen LogP contribution in [-0.2, 0) is 9.47 Å². The van der Waals surface area contributed by atoms with E-state index in [-0.39, 0.29) is 5.79 Å². The average molecular weight is 236 g/mol. The summed E-state index contributed by atoms with van der Waals surface area (Å²) in [5.41, 5.74) is 2.42. The van der Waals surface area contributed by atoms with Crippen LogP contribution in [0, 0.1) is 0 Å². The van der Waals surface area contributed by atoms with Crippen LogP contribution in [0.4, 0.5) is 0 Å². The zero-order chi connectivity index (χ0) is 12.3. The van der Waals surface area contributed by atoms with Crippen LogP contribution in [0.2, 0.25) is 0 Å². The lowest BCUT2D eigenvalue weighted by atomic mass is 9.92. The lowest BCUT2D eigenvalue weighted by molar-refractivity contribution is -0.161. The standard InChI is InChI=1S/C13H20N2O2/c1-4-12(15(3)14-2)11-5-7-13(8-6-11)16-9-10-17-13/h4-5H,2,6-10H2,1,3H3/b12-4-. The second-order valence-corrected chi connectivity index (χ2v) is 4.38. The van der Waals surface area contributed by atoms with Gasteiger partial charge in [-0.2, -0.15) is 5.10 Å². The Labute approximate surface area is 103 Å². The SMILES string of the molecule is C=NN(C)/C(=C\C)C1=CCC2(CC1)OCCO2. The quantitative estimate of drug-likeness (QED) is 0.557. The van der Waals surface area contributed by atoms with E-state index in [9.17, 15) is 0 Å². The van der Waals surface area contributed by atoms with Crippen molar-refractivity contribution in [2.75, 3.05) is 20.3 Å².